The minimum absolute atomic E-state index is 0.138. The first-order valence-electron chi connectivity index (χ1n) is 4.26. The van der Waals surface area contributed by atoms with E-state index in [1.807, 2.05) is 0 Å². The third-order valence-corrected chi connectivity index (χ3v) is 8.96. The molecule has 0 aromatic carbocycles. The van der Waals surface area contributed by atoms with Gasteiger partial charge in [0.1, 0.15) is 3.23 Å². The molecule has 0 saturated carbocycles. The number of rotatable bonds is 5. The van der Waals surface area contributed by atoms with Crippen molar-refractivity contribution in [3.63, 3.8) is 0 Å². The number of unbranched alkanes of at least 4 members (excludes halogenated alkanes) is 3. The van der Waals surface area contributed by atoms with Gasteiger partial charge in [0.05, 0.1) is 0 Å². The molecule has 0 amide bonds. The zero-order valence-corrected chi connectivity index (χ0v) is 15.4. The zero-order chi connectivity index (χ0) is 10.5. The molecule has 5 heteroatoms. The number of hydrogen-bond acceptors (Lipinski definition) is 0. The van der Waals surface area contributed by atoms with Crippen molar-refractivity contribution in [1.29, 1.82) is 0 Å². The second-order valence-electron chi connectivity index (χ2n) is 3.01. The maximum Gasteiger partial charge on any atom is 0.159 e. The zero-order valence-electron chi connectivity index (χ0n) is 7.43. The van der Waals surface area contributed by atoms with Crippen molar-refractivity contribution >= 4 is 79.6 Å². The Balaban J connectivity index is 3.77. The largest absolute Gasteiger partial charge is 0.159 e. The van der Waals surface area contributed by atoms with Crippen LogP contribution < -0.4 is 0 Å². The normalized spacial score (nSPS) is 13.4. The van der Waals surface area contributed by atoms with Crippen molar-refractivity contribution in [2.75, 3.05) is 0 Å². The van der Waals surface area contributed by atoms with E-state index in [9.17, 15) is 0 Å². The van der Waals surface area contributed by atoms with Gasteiger partial charge in [-0.1, -0.05) is 112 Å². The SMILES string of the molecule is CCCCCCC(Br)(Br)C(Br)(Br)Br. The highest BCUT2D eigenvalue weighted by Gasteiger charge is 2.41. The van der Waals surface area contributed by atoms with Gasteiger partial charge in [-0.2, -0.15) is 0 Å². The lowest BCUT2D eigenvalue weighted by molar-refractivity contribution is 0.619. The van der Waals surface area contributed by atoms with Crippen LogP contribution in [-0.2, 0) is 0 Å². The molecular formula is C8H13Br5. The van der Waals surface area contributed by atoms with E-state index in [-0.39, 0.29) is 5.38 Å². The highest BCUT2D eigenvalue weighted by molar-refractivity contribution is 9.41. The Morgan fingerprint density at radius 3 is 1.77 bits per heavy atom. The summed E-state index contributed by atoms with van der Waals surface area (Å²) in [5, 5.41) is 0. The summed E-state index contributed by atoms with van der Waals surface area (Å²) in [6, 6.07) is 0. The van der Waals surface area contributed by atoms with Crippen LogP contribution in [0.25, 0.3) is 0 Å². The average molecular weight is 509 g/mol. The second kappa shape index (κ2) is 6.87. The van der Waals surface area contributed by atoms with Crippen LogP contribution in [0, 0.1) is 0 Å². The van der Waals surface area contributed by atoms with Crippen LogP contribution in [0.5, 0.6) is 0 Å². The molecule has 0 spiro atoms. The Bertz CT molecular complexity index is 138. The predicted octanol–water partition coefficient (Wildman–Crippen LogP) is 6.28. The Morgan fingerprint density at radius 1 is 0.846 bits per heavy atom. The molecule has 0 bridgehead atoms. The molecule has 0 aromatic rings. The van der Waals surface area contributed by atoms with Crippen LogP contribution in [0.2, 0.25) is 0 Å². The predicted molar refractivity (Wildman–Crippen MR) is 78.9 cm³/mol. The van der Waals surface area contributed by atoms with E-state index in [1.54, 1.807) is 0 Å². The van der Waals surface area contributed by atoms with Crippen LogP contribution in [0.15, 0.2) is 0 Å². The molecule has 0 radical (unpaired) electrons. The standard InChI is InChI=1S/C8H13Br5/c1-2-3-4-5-6-7(9,10)8(11,12)13/h2-6H2,1H3. The molecule has 13 heavy (non-hydrogen) atoms. The van der Waals surface area contributed by atoms with Crippen molar-refractivity contribution < 1.29 is 0 Å². The van der Waals surface area contributed by atoms with Crippen LogP contribution in [0.3, 0.4) is 0 Å². The Morgan fingerprint density at radius 2 is 1.38 bits per heavy atom. The van der Waals surface area contributed by atoms with E-state index in [4.69, 9.17) is 0 Å². The lowest BCUT2D eigenvalue weighted by Crippen LogP contribution is -2.27. The second-order valence-corrected chi connectivity index (χ2v) is 13.5. The molecule has 0 atom stereocenters. The lowest BCUT2D eigenvalue weighted by atomic mass is 10.1. The summed E-state index contributed by atoms with van der Waals surface area (Å²) in [6.45, 7) is 2.22. The fraction of sp³-hybridized carbons (Fsp3) is 1.00. The van der Waals surface area contributed by atoms with Crippen molar-refractivity contribution in [3.05, 3.63) is 0 Å². The molecule has 0 unspecified atom stereocenters. The first kappa shape index (κ1) is 15.4. The molecule has 0 N–H and O–H groups in total. The Kier molecular flexibility index (Phi) is 8.14. The molecule has 0 aliphatic heterocycles. The van der Waals surface area contributed by atoms with Crippen LogP contribution in [0.1, 0.15) is 39.0 Å². The Labute approximate surface area is 123 Å². The van der Waals surface area contributed by atoms with Gasteiger partial charge in [0.15, 0.2) is 2.14 Å². The third kappa shape index (κ3) is 6.54. The van der Waals surface area contributed by atoms with E-state index in [0.29, 0.717) is 0 Å². The maximum absolute atomic E-state index is 3.63. The summed E-state index contributed by atoms with van der Waals surface area (Å²) in [5.74, 6) is 0. The Hall–Kier alpha value is 2.40. The van der Waals surface area contributed by atoms with Gasteiger partial charge in [-0.05, 0) is 6.42 Å². The molecule has 0 aromatic heterocycles. The summed E-state index contributed by atoms with van der Waals surface area (Å²) < 4.78 is -0.424. The van der Waals surface area contributed by atoms with Crippen LogP contribution in [0.4, 0.5) is 0 Å². The molecule has 0 heterocycles. The van der Waals surface area contributed by atoms with Gasteiger partial charge in [-0.3, -0.25) is 0 Å². The topological polar surface area (TPSA) is 0 Å². The van der Waals surface area contributed by atoms with E-state index >= 15 is 0 Å². The first-order valence-corrected chi connectivity index (χ1v) is 8.22. The average Bonchev–Trinajstić information content (AvgIpc) is 1.96. The maximum atomic E-state index is 3.63. The van der Waals surface area contributed by atoms with Crippen LogP contribution >= 0.6 is 79.6 Å². The molecule has 80 valence electrons. The molecular weight excluding hydrogens is 496 g/mol. The third-order valence-electron chi connectivity index (χ3n) is 1.76. The van der Waals surface area contributed by atoms with Crippen molar-refractivity contribution in [2.24, 2.45) is 0 Å². The minimum atomic E-state index is -0.286. The summed E-state index contributed by atoms with van der Waals surface area (Å²) in [4.78, 5) is 0. The number of hydrogen-bond donors (Lipinski definition) is 0. The van der Waals surface area contributed by atoms with E-state index < -0.39 is 0 Å². The smallest absolute Gasteiger partial charge is 0.0692 e. The molecule has 0 rings (SSSR count). The summed E-state index contributed by atoms with van der Waals surface area (Å²) in [6.07, 6.45) is 6.16. The van der Waals surface area contributed by atoms with Gasteiger partial charge in [0.25, 0.3) is 0 Å². The number of halogens is 5. The highest BCUT2D eigenvalue weighted by atomic mass is 80.0. The summed E-state index contributed by atoms with van der Waals surface area (Å²) >= 11 is 17.8. The molecule has 0 saturated heterocycles. The van der Waals surface area contributed by atoms with E-state index in [2.05, 4.69) is 86.6 Å². The van der Waals surface area contributed by atoms with Gasteiger partial charge in [0, 0.05) is 0 Å². The van der Waals surface area contributed by atoms with E-state index in [1.165, 1.54) is 25.7 Å². The van der Waals surface area contributed by atoms with Gasteiger partial charge in [-0.25, -0.2) is 0 Å². The molecule has 0 aliphatic rings. The van der Waals surface area contributed by atoms with Gasteiger partial charge in [0.2, 0.25) is 0 Å². The molecule has 0 aliphatic carbocycles. The number of alkyl halides is 5. The first-order chi connectivity index (χ1) is 5.81. The van der Waals surface area contributed by atoms with Gasteiger partial charge >= 0.3 is 0 Å². The fourth-order valence-electron chi connectivity index (χ4n) is 0.916. The monoisotopic (exact) mass is 504 g/mol. The minimum Gasteiger partial charge on any atom is -0.0692 e. The van der Waals surface area contributed by atoms with E-state index in [0.717, 1.165) is 6.42 Å². The lowest BCUT2D eigenvalue weighted by Gasteiger charge is -2.29. The molecule has 0 fully saturated rings. The van der Waals surface area contributed by atoms with Gasteiger partial charge in [-0.15, -0.1) is 0 Å². The van der Waals surface area contributed by atoms with Gasteiger partial charge < -0.3 is 0 Å². The van der Waals surface area contributed by atoms with Crippen molar-refractivity contribution in [1.82, 2.24) is 0 Å². The fourth-order valence-corrected chi connectivity index (χ4v) is 2.07. The van der Waals surface area contributed by atoms with Crippen LogP contribution in [-0.4, -0.2) is 5.38 Å². The summed E-state index contributed by atoms with van der Waals surface area (Å²) in [5.41, 5.74) is 0. The van der Waals surface area contributed by atoms with Crippen molar-refractivity contribution in [2.45, 2.75) is 44.4 Å². The molecule has 0 nitrogen and oxygen atoms in total. The summed E-state index contributed by atoms with van der Waals surface area (Å²) in [7, 11) is 0. The van der Waals surface area contributed by atoms with Crippen molar-refractivity contribution in [3.8, 4) is 0 Å². The highest BCUT2D eigenvalue weighted by Crippen LogP contribution is 2.55. The quantitative estimate of drug-likeness (QED) is 0.303.